The van der Waals surface area contributed by atoms with Crippen molar-refractivity contribution < 1.29 is 18.0 Å². The number of rotatable bonds is 3. The lowest BCUT2D eigenvalue weighted by Crippen LogP contribution is -2.23. The summed E-state index contributed by atoms with van der Waals surface area (Å²) >= 11 is 0. The number of halogens is 3. The molecule has 3 aromatic rings. The van der Waals surface area contributed by atoms with Crippen LogP contribution in [0.4, 0.5) is 13.2 Å². The van der Waals surface area contributed by atoms with E-state index in [1.165, 1.54) is 12.1 Å². The smallest absolute Gasteiger partial charge is 0.341 e. The van der Waals surface area contributed by atoms with E-state index in [2.05, 4.69) is 22.3 Å². The number of carbonyl (C=O) groups excluding carboxylic acids is 1. The molecule has 4 nitrogen and oxygen atoms in total. The summed E-state index contributed by atoms with van der Waals surface area (Å²) in [6, 6.07) is 13.4. The van der Waals surface area contributed by atoms with Crippen molar-refractivity contribution in [1.82, 2.24) is 15.1 Å². The van der Waals surface area contributed by atoms with Gasteiger partial charge in [-0.05, 0) is 48.5 Å². The number of hydrogen-bond acceptors (Lipinski definition) is 2. The van der Waals surface area contributed by atoms with Crippen molar-refractivity contribution in [1.29, 1.82) is 0 Å². The summed E-state index contributed by atoms with van der Waals surface area (Å²) in [5.74, 6) is 4.95. The third-order valence-corrected chi connectivity index (χ3v) is 3.66. The highest BCUT2D eigenvalue weighted by atomic mass is 19.4. The summed E-state index contributed by atoms with van der Waals surface area (Å²) < 4.78 is 39.6. The molecule has 1 amide bonds. The predicted molar refractivity (Wildman–Crippen MR) is 94.2 cm³/mol. The van der Waals surface area contributed by atoms with Gasteiger partial charge in [0.15, 0.2) is 0 Å². The molecule has 0 fully saturated rings. The van der Waals surface area contributed by atoms with Gasteiger partial charge < -0.3 is 5.32 Å². The van der Waals surface area contributed by atoms with Crippen LogP contribution in [0.3, 0.4) is 0 Å². The summed E-state index contributed by atoms with van der Waals surface area (Å²) in [7, 11) is 0. The number of nitrogens with zero attached hydrogens (tertiary/aromatic N) is 2. The van der Waals surface area contributed by atoms with Gasteiger partial charge in [0.1, 0.15) is 0 Å². The van der Waals surface area contributed by atoms with E-state index in [0.717, 1.165) is 17.8 Å². The van der Waals surface area contributed by atoms with Crippen molar-refractivity contribution >= 4 is 5.91 Å². The highest BCUT2D eigenvalue weighted by Gasteiger charge is 2.30. The fourth-order valence-corrected chi connectivity index (χ4v) is 2.33. The summed E-state index contributed by atoms with van der Waals surface area (Å²) in [4.78, 5) is 12.1. The second kappa shape index (κ2) is 7.79. The van der Waals surface area contributed by atoms with Gasteiger partial charge in [-0.3, -0.25) is 4.79 Å². The van der Waals surface area contributed by atoms with Crippen LogP contribution in [0.2, 0.25) is 0 Å². The van der Waals surface area contributed by atoms with E-state index >= 15 is 0 Å². The maximum atomic E-state index is 12.7. The molecule has 0 aliphatic carbocycles. The zero-order valence-electron chi connectivity index (χ0n) is 14.0. The standard InChI is InChI=1S/C20H14F3N3O/c21-20(22,23)17-6-1-4-15(14-17)5-2-11-24-19(27)16-7-9-18(10-8-16)26-13-3-12-25-26/h1,3-4,6-10,12-14H,11H2,(H,24,27). The minimum atomic E-state index is -4.41. The number of carbonyl (C=O) groups is 1. The van der Waals surface area contributed by atoms with E-state index in [1.807, 2.05) is 0 Å². The molecule has 0 aliphatic rings. The van der Waals surface area contributed by atoms with Gasteiger partial charge in [-0.25, -0.2) is 4.68 Å². The SMILES string of the molecule is O=C(NCC#Cc1cccc(C(F)(F)F)c1)c1ccc(-n2cccn2)cc1. The summed E-state index contributed by atoms with van der Waals surface area (Å²) in [6.45, 7) is 0.0238. The molecular weight excluding hydrogens is 355 g/mol. The third kappa shape index (κ3) is 4.76. The monoisotopic (exact) mass is 369 g/mol. The Bertz CT molecular complexity index is 982. The molecule has 3 rings (SSSR count). The van der Waals surface area contributed by atoms with Crippen LogP contribution in [-0.4, -0.2) is 22.2 Å². The zero-order valence-corrected chi connectivity index (χ0v) is 14.0. The zero-order chi connectivity index (χ0) is 19.3. The first-order chi connectivity index (χ1) is 12.9. The predicted octanol–water partition coefficient (Wildman–Crippen LogP) is 3.67. The lowest BCUT2D eigenvalue weighted by atomic mass is 10.1. The number of hydrogen-bond donors (Lipinski definition) is 1. The fourth-order valence-electron chi connectivity index (χ4n) is 2.33. The quantitative estimate of drug-likeness (QED) is 0.716. The van der Waals surface area contributed by atoms with Gasteiger partial charge in [-0.1, -0.05) is 17.9 Å². The molecule has 0 aliphatic heterocycles. The maximum absolute atomic E-state index is 12.7. The molecule has 1 N–H and O–H groups in total. The number of aromatic nitrogens is 2. The van der Waals surface area contributed by atoms with Crippen LogP contribution < -0.4 is 5.32 Å². The summed E-state index contributed by atoms with van der Waals surface area (Å²) in [5, 5.41) is 6.71. The molecule has 0 saturated carbocycles. The number of benzene rings is 2. The Labute approximate surface area is 153 Å². The Kier molecular flexibility index (Phi) is 5.27. The minimum Gasteiger partial charge on any atom is -0.341 e. The fraction of sp³-hybridized carbons (Fsp3) is 0.100. The Hall–Kier alpha value is -3.53. The largest absolute Gasteiger partial charge is 0.416 e. The van der Waals surface area contributed by atoms with Crippen molar-refractivity contribution in [2.45, 2.75) is 6.18 Å². The molecule has 0 unspecified atom stereocenters. The van der Waals surface area contributed by atoms with Crippen LogP contribution >= 0.6 is 0 Å². The van der Waals surface area contributed by atoms with Gasteiger partial charge in [0.2, 0.25) is 0 Å². The van der Waals surface area contributed by atoms with Gasteiger partial charge in [-0.15, -0.1) is 0 Å². The van der Waals surface area contributed by atoms with Crippen molar-refractivity contribution in [3.63, 3.8) is 0 Å². The average Bonchev–Trinajstić information content (AvgIpc) is 3.19. The lowest BCUT2D eigenvalue weighted by molar-refractivity contribution is -0.137. The number of amides is 1. The number of alkyl halides is 3. The van der Waals surface area contributed by atoms with Crippen molar-refractivity contribution in [3.8, 4) is 17.5 Å². The third-order valence-electron chi connectivity index (χ3n) is 3.66. The highest BCUT2D eigenvalue weighted by molar-refractivity contribution is 5.94. The van der Waals surface area contributed by atoms with Crippen LogP contribution in [-0.2, 0) is 6.18 Å². The first kappa shape index (κ1) is 18.3. The molecule has 0 saturated heterocycles. The van der Waals surface area contributed by atoms with Gasteiger partial charge in [0.25, 0.3) is 5.91 Å². The second-order valence-electron chi connectivity index (χ2n) is 5.56. The Morgan fingerprint density at radius 1 is 1.11 bits per heavy atom. The van der Waals surface area contributed by atoms with E-state index in [1.54, 1.807) is 47.4 Å². The maximum Gasteiger partial charge on any atom is 0.416 e. The molecule has 0 spiro atoms. The molecule has 1 heterocycles. The van der Waals surface area contributed by atoms with Crippen LogP contribution in [0.5, 0.6) is 0 Å². The topological polar surface area (TPSA) is 46.9 Å². The van der Waals surface area contributed by atoms with Crippen LogP contribution in [0, 0.1) is 11.8 Å². The summed E-state index contributed by atoms with van der Waals surface area (Å²) in [6.07, 6.45) is -0.962. The summed E-state index contributed by atoms with van der Waals surface area (Å²) in [5.41, 5.74) is 0.755. The average molecular weight is 369 g/mol. The van der Waals surface area contributed by atoms with E-state index in [-0.39, 0.29) is 18.0 Å². The van der Waals surface area contributed by atoms with Crippen molar-refractivity contribution in [2.24, 2.45) is 0 Å². The normalized spacial score (nSPS) is 10.8. The van der Waals surface area contributed by atoms with Crippen LogP contribution in [0.25, 0.3) is 5.69 Å². The molecule has 0 atom stereocenters. The molecule has 27 heavy (non-hydrogen) atoms. The van der Waals surface area contributed by atoms with E-state index in [4.69, 9.17) is 0 Å². The van der Waals surface area contributed by atoms with Crippen molar-refractivity contribution in [3.05, 3.63) is 83.7 Å². The molecule has 1 aromatic heterocycles. The highest BCUT2D eigenvalue weighted by Crippen LogP contribution is 2.29. The van der Waals surface area contributed by atoms with Gasteiger partial charge >= 0.3 is 6.18 Å². The van der Waals surface area contributed by atoms with E-state index in [9.17, 15) is 18.0 Å². The van der Waals surface area contributed by atoms with E-state index in [0.29, 0.717) is 5.56 Å². The first-order valence-corrected chi connectivity index (χ1v) is 7.98. The van der Waals surface area contributed by atoms with Gasteiger partial charge in [-0.2, -0.15) is 18.3 Å². The Morgan fingerprint density at radius 2 is 1.89 bits per heavy atom. The Balaban J connectivity index is 1.58. The first-order valence-electron chi connectivity index (χ1n) is 7.98. The molecular formula is C20H14F3N3O. The van der Waals surface area contributed by atoms with Crippen molar-refractivity contribution in [2.75, 3.05) is 6.54 Å². The Morgan fingerprint density at radius 3 is 2.56 bits per heavy atom. The molecule has 136 valence electrons. The van der Waals surface area contributed by atoms with Crippen LogP contribution in [0.1, 0.15) is 21.5 Å². The second-order valence-corrected chi connectivity index (χ2v) is 5.56. The molecule has 7 heteroatoms. The lowest BCUT2D eigenvalue weighted by Gasteiger charge is -2.06. The van der Waals surface area contributed by atoms with Crippen LogP contribution in [0.15, 0.2) is 67.0 Å². The molecule has 2 aromatic carbocycles. The molecule has 0 bridgehead atoms. The van der Waals surface area contributed by atoms with Gasteiger partial charge in [0.05, 0.1) is 17.8 Å². The molecule has 0 radical (unpaired) electrons. The minimum absolute atomic E-state index is 0.0238. The van der Waals surface area contributed by atoms with E-state index < -0.39 is 11.7 Å². The number of nitrogens with one attached hydrogen (secondary N) is 1. The van der Waals surface area contributed by atoms with Gasteiger partial charge in [0, 0.05) is 23.5 Å².